The lowest BCUT2D eigenvalue weighted by Crippen LogP contribution is -2.12. The van der Waals surface area contributed by atoms with Crippen molar-refractivity contribution >= 4 is 11.0 Å². The monoisotopic (exact) mass is 228 g/mol. The highest BCUT2D eigenvalue weighted by Gasteiger charge is 2.35. The Morgan fingerprint density at radius 3 is 2.69 bits per heavy atom. The predicted molar refractivity (Wildman–Crippen MR) is 50.5 cm³/mol. The lowest BCUT2D eigenvalue weighted by atomic mass is 10.1. The van der Waals surface area contributed by atoms with Crippen molar-refractivity contribution in [3.05, 3.63) is 35.7 Å². The zero-order chi connectivity index (χ0) is 11.8. The summed E-state index contributed by atoms with van der Waals surface area (Å²) in [6.45, 7) is -0.702. The maximum Gasteiger partial charge on any atom is 0.433 e. The van der Waals surface area contributed by atoms with E-state index in [1.165, 1.54) is 12.3 Å². The molecule has 0 amide bonds. The summed E-state index contributed by atoms with van der Waals surface area (Å²) in [5.41, 5.74) is -1.30. The van der Waals surface area contributed by atoms with Crippen molar-refractivity contribution in [1.29, 1.82) is 0 Å². The lowest BCUT2D eigenvalue weighted by molar-refractivity contribution is -0.142. The molecule has 0 aromatic carbocycles. The highest BCUT2D eigenvalue weighted by Crippen LogP contribution is 2.31. The van der Waals surface area contributed by atoms with Crippen LogP contribution in [0.5, 0.6) is 0 Å². The molecule has 0 saturated carbocycles. The van der Waals surface area contributed by atoms with E-state index in [-0.39, 0.29) is 11.2 Å². The van der Waals surface area contributed by atoms with E-state index >= 15 is 0 Å². The van der Waals surface area contributed by atoms with E-state index < -0.39 is 18.5 Å². The fourth-order valence-corrected chi connectivity index (χ4v) is 1.42. The number of aliphatic hydroxyl groups is 1. The Morgan fingerprint density at radius 1 is 1.31 bits per heavy atom. The largest absolute Gasteiger partial charge is 0.433 e. The molecule has 0 unspecified atom stereocenters. The molecule has 0 radical (unpaired) electrons. The summed E-state index contributed by atoms with van der Waals surface area (Å²) in [4.78, 5) is 7.16. The van der Waals surface area contributed by atoms with Gasteiger partial charge in [-0.3, -0.25) is 0 Å². The first-order chi connectivity index (χ1) is 7.52. The van der Waals surface area contributed by atoms with Crippen molar-refractivity contribution in [1.82, 2.24) is 9.97 Å². The number of fused-ring (bicyclic) bond motifs is 1. The van der Waals surface area contributed by atoms with E-state index in [0.717, 1.165) is 0 Å². The third-order valence-electron chi connectivity index (χ3n) is 2.11. The topological polar surface area (TPSA) is 46.0 Å². The molecule has 6 heteroatoms. The van der Waals surface area contributed by atoms with E-state index in [1.54, 1.807) is 12.1 Å². The predicted octanol–water partition coefficient (Wildman–Crippen LogP) is 2.14. The van der Waals surface area contributed by atoms with Crippen molar-refractivity contribution in [2.24, 2.45) is 0 Å². The Hall–Kier alpha value is -1.69. The van der Waals surface area contributed by atoms with Crippen molar-refractivity contribution < 1.29 is 18.3 Å². The Kier molecular flexibility index (Phi) is 2.51. The summed E-state index contributed by atoms with van der Waals surface area (Å²) < 4.78 is 37.7. The SMILES string of the molecule is OCc1cc2cccnc2nc1C(F)(F)F. The maximum atomic E-state index is 12.6. The van der Waals surface area contributed by atoms with Gasteiger partial charge in [0.05, 0.1) is 6.61 Å². The number of aliphatic hydroxyl groups excluding tert-OH is 1. The quantitative estimate of drug-likeness (QED) is 0.813. The first-order valence-electron chi connectivity index (χ1n) is 4.45. The summed E-state index contributed by atoms with van der Waals surface area (Å²) >= 11 is 0. The van der Waals surface area contributed by atoms with Gasteiger partial charge in [0.2, 0.25) is 0 Å². The van der Waals surface area contributed by atoms with Crippen LogP contribution >= 0.6 is 0 Å². The fourth-order valence-electron chi connectivity index (χ4n) is 1.42. The second-order valence-electron chi connectivity index (χ2n) is 3.20. The van der Waals surface area contributed by atoms with E-state index in [9.17, 15) is 13.2 Å². The molecule has 0 fully saturated rings. The Labute approximate surface area is 88.6 Å². The summed E-state index contributed by atoms with van der Waals surface area (Å²) in [6, 6.07) is 4.44. The van der Waals surface area contributed by atoms with Crippen LogP contribution in [0.3, 0.4) is 0 Å². The summed E-state index contributed by atoms with van der Waals surface area (Å²) in [7, 11) is 0. The van der Waals surface area contributed by atoms with Gasteiger partial charge in [-0.05, 0) is 18.2 Å². The van der Waals surface area contributed by atoms with Gasteiger partial charge in [0.25, 0.3) is 0 Å². The number of nitrogens with zero attached hydrogens (tertiary/aromatic N) is 2. The van der Waals surface area contributed by atoms with Crippen molar-refractivity contribution in [2.45, 2.75) is 12.8 Å². The number of pyridine rings is 2. The van der Waals surface area contributed by atoms with Crippen LogP contribution in [0.15, 0.2) is 24.4 Å². The van der Waals surface area contributed by atoms with Crippen LogP contribution in [0.2, 0.25) is 0 Å². The number of hydrogen-bond acceptors (Lipinski definition) is 3. The maximum absolute atomic E-state index is 12.6. The fraction of sp³-hybridized carbons (Fsp3) is 0.200. The van der Waals surface area contributed by atoms with Crippen LogP contribution in [-0.4, -0.2) is 15.1 Å². The summed E-state index contributed by atoms with van der Waals surface area (Å²) in [5, 5.41) is 9.35. The van der Waals surface area contributed by atoms with E-state index in [1.807, 2.05) is 0 Å². The minimum Gasteiger partial charge on any atom is -0.392 e. The molecule has 0 aliphatic heterocycles. The number of rotatable bonds is 1. The van der Waals surface area contributed by atoms with Crippen LogP contribution in [0.4, 0.5) is 13.2 Å². The molecule has 0 bridgehead atoms. The normalized spacial score (nSPS) is 12.0. The minimum absolute atomic E-state index is 0.0204. The lowest BCUT2D eigenvalue weighted by Gasteiger charge is -2.10. The average molecular weight is 228 g/mol. The van der Waals surface area contributed by atoms with Gasteiger partial charge in [0, 0.05) is 17.1 Å². The van der Waals surface area contributed by atoms with Gasteiger partial charge < -0.3 is 5.11 Å². The molecule has 2 aromatic rings. The molecule has 3 nitrogen and oxygen atoms in total. The Morgan fingerprint density at radius 2 is 2.06 bits per heavy atom. The third-order valence-corrected chi connectivity index (χ3v) is 2.11. The molecule has 0 aliphatic carbocycles. The molecule has 16 heavy (non-hydrogen) atoms. The first-order valence-corrected chi connectivity index (χ1v) is 4.45. The van der Waals surface area contributed by atoms with Crippen LogP contribution in [0, 0.1) is 0 Å². The van der Waals surface area contributed by atoms with Gasteiger partial charge in [-0.1, -0.05) is 0 Å². The van der Waals surface area contributed by atoms with Crippen LogP contribution < -0.4 is 0 Å². The Bertz CT molecular complexity index is 525. The summed E-state index contributed by atoms with van der Waals surface area (Å²) in [5.74, 6) is 0. The van der Waals surface area contributed by atoms with Crippen molar-refractivity contribution in [3.8, 4) is 0 Å². The standard InChI is InChI=1S/C10H7F3N2O/c11-10(12,13)8-7(5-16)4-6-2-1-3-14-9(6)15-8/h1-4,16H,5H2. The smallest absolute Gasteiger partial charge is 0.392 e. The van der Waals surface area contributed by atoms with E-state index in [2.05, 4.69) is 9.97 Å². The van der Waals surface area contributed by atoms with Gasteiger partial charge in [-0.25, -0.2) is 9.97 Å². The Balaban J connectivity index is 2.73. The van der Waals surface area contributed by atoms with E-state index in [0.29, 0.717) is 5.39 Å². The molecular formula is C10H7F3N2O. The van der Waals surface area contributed by atoms with Gasteiger partial charge in [-0.15, -0.1) is 0 Å². The molecule has 2 rings (SSSR count). The molecule has 0 aliphatic rings. The molecule has 0 atom stereocenters. The van der Waals surface area contributed by atoms with Gasteiger partial charge in [-0.2, -0.15) is 13.2 Å². The van der Waals surface area contributed by atoms with Gasteiger partial charge in [0.1, 0.15) is 0 Å². The number of alkyl halides is 3. The first kappa shape index (κ1) is 10.8. The summed E-state index contributed by atoms with van der Waals surface area (Å²) in [6.07, 6.45) is -3.21. The molecule has 84 valence electrons. The number of hydrogen-bond donors (Lipinski definition) is 1. The van der Waals surface area contributed by atoms with Gasteiger partial charge >= 0.3 is 6.18 Å². The second kappa shape index (κ2) is 3.71. The zero-order valence-electron chi connectivity index (χ0n) is 7.99. The highest BCUT2D eigenvalue weighted by atomic mass is 19.4. The highest BCUT2D eigenvalue weighted by molar-refractivity contribution is 5.75. The zero-order valence-corrected chi connectivity index (χ0v) is 7.99. The van der Waals surface area contributed by atoms with Crippen molar-refractivity contribution in [2.75, 3.05) is 0 Å². The molecule has 0 spiro atoms. The molecule has 0 saturated heterocycles. The van der Waals surface area contributed by atoms with Crippen molar-refractivity contribution in [3.63, 3.8) is 0 Å². The molecular weight excluding hydrogens is 221 g/mol. The third kappa shape index (κ3) is 1.83. The van der Waals surface area contributed by atoms with Crippen LogP contribution in [0.1, 0.15) is 11.3 Å². The van der Waals surface area contributed by atoms with Crippen LogP contribution in [0.25, 0.3) is 11.0 Å². The van der Waals surface area contributed by atoms with Crippen LogP contribution in [-0.2, 0) is 12.8 Å². The van der Waals surface area contributed by atoms with E-state index in [4.69, 9.17) is 5.11 Å². The molecule has 2 aromatic heterocycles. The molecule has 2 heterocycles. The molecule has 1 N–H and O–H groups in total. The number of aromatic nitrogens is 2. The number of halogens is 3. The average Bonchev–Trinajstić information content (AvgIpc) is 2.26. The minimum atomic E-state index is -4.58. The van der Waals surface area contributed by atoms with Gasteiger partial charge in [0.15, 0.2) is 11.3 Å². The second-order valence-corrected chi connectivity index (χ2v) is 3.20.